The predicted molar refractivity (Wildman–Crippen MR) is 75.0 cm³/mol. The second-order valence-electron chi connectivity index (χ2n) is 6.36. The van der Waals surface area contributed by atoms with E-state index in [4.69, 9.17) is 5.73 Å². The summed E-state index contributed by atoms with van der Waals surface area (Å²) < 4.78 is 27.5. The molecule has 4 heteroatoms. The Labute approximate surface area is 119 Å². The van der Waals surface area contributed by atoms with Gasteiger partial charge in [0.25, 0.3) is 0 Å². The predicted octanol–water partition coefficient (Wildman–Crippen LogP) is 3.33. The molecule has 1 aromatic carbocycles. The largest absolute Gasteiger partial charge is 0.385 e. The van der Waals surface area contributed by atoms with Crippen LogP contribution < -0.4 is 5.73 Å². The van der Waals surface area contributed by atoms with Gasteiger partial charge in [0.05, 0.1) is 5.60 Å². The van der Waals surface area contributed by atoms with Crippen LogP contribution >= 0.6 is 0 Å². The van der Waals surface area contributed by atoms with Crippen LogP contribution in [0.25, 0.3) is 0 Å². The lowest BCUT2D eigenvalue weighted by atomic mass is 9.59. The first-order valence-electron chi connectivity index (χ1n) is 7.21. The zero-order valence-corrected chi connectivity index (χ0v) is 12.1. The van der Waals surface area contributed by atoms with Crippen molar-refractivity contribution in [3.05, 3.63) is 35.4 Å². The van der Waals surface area contributed by atoms with Crippen molar-refractivity contribution in [1.82, 2.24) is 0 Å². The van der Waals surface area contributed by atoms with Gasteiger partial charge in [-0.3, -0.25) is 0 Å². The zero-order chi connectivity index (χ0) is 15.0. The molecule has 2 nitrogen and oxygen atoms in total. The van der Waals surface area contributed by atoms with Gasteiger partial charge in [-0.2, -0.15) is 0 Å². The Morgan fingerprint density at radius 1 is 1.45 bits per heavy atom. The third-order valence-electron chi connectivity index (χ3n) is 4.99. The maximum Gasteiger partial charge on any atom is 0.164 e. The van der Waals surface area contributed by atoms with Crippen molar-refractivity contribution in [1.29, 1.82) is 0 Å². The lowest BCUT2D eigenvalue weighted by molar-refractivity contribution is -0.103. The van der Waals surface area contributed by atoms with E-state index in [0.717, 1.165) is 31.7 Å². The summed E-state index contributed by atoms with van der Waals surface area (Å²) in [5.41, 5.74) is 3.88. The fourth-order valence-electron chi connectivity index (χ4n) is 3.65. The standard InChI is InChI=1S/C16H23F2NO/c1-11-5-4-8-16(9-11,10-19)15(2,20)12-6-3-7-13(17)14(12)18/h3,6-7,11,20H,4-5,8-10,19H2,1-2H3. The van der Waals surface area contributed by atoms with Crippen molar-refractivity contribution < 1.29 is 13.9 Å². The van der Waals surface area contributed by atoms with Gasteiger partial charge in [0.15, 0.2) is 11.6 Å². The summed E-state index contributed by atoms with van der Waals surface area (Å²) in [7, 11) is 0. The van der Waals surface area contributed by atoms with E-state index in [0.29, 0.717) is 5.92 Å². The molecule has 3 unspecified atom stereocenters. The van der Waals surface area contributed by atoms with Crippen molar-refractivity contribution in [2.45, 2.75) is 45.1 Å². The van der Waals surface area contributed by atoms with E-state index in [1.165, 1.54) is 12.1 Å². The van der Waals surface area contributed by atoms with Crippen LogP contribution in [0.4, 0.5) is 8.78 Å². The summed E-state index contributed by atoms with van der Waals surface area (Å²) in [6, 6.07) is 3.95. The number of hydrogen-bond donors (Lipinski definition) is 2. The Morgan fingerprint density at radius 3 is 2.75 bits per heavy atom. The second-order valence-corrected chi connectivity index (χ2v) is 6.36. The van der Waals surface area contributed by atoms with Crippen molar-refractivity contribution >= 4 is 0 Å². The summed E-state index contributed by atoms with van der Waals surface area (Å²) in [5, 5.41) is 11.0. The number of aliphatic hydroxyl groups is 1. The van der Waals surface area contributed by atoms with Gasteiger partial charge in [-0.1, -0.05) is 31.9 Å². The Balaban J connectivity index is 2.48. The maximum absolute atomic E-state index is 14.1. The van der Waals surface area contributed by atoms with E-state index in [-0.39, 0.29) is 12.1 Å². The first-order valence-corrected chi connectivity index (χ1v) is 7.21. The smallest absolute Gasteiger partial charge is 0.164 e. The van der Waals surface area contributed by atoms with E-state index in [2.05, 4.69) is 6.92 Å². The van der Waals surface area contributed by atoms with Gasteiger partial charge in [0.1, 0.15) is 0 Å². The molecule has 0 radical (unpaired) electrons. The van der Waals surface area contributed by atoms with E-state index >= 15 is 0 Å². The normalized spacial score (nSPS) is 30.0. The quantitative estimate of drug-likeness (QED) is 0.894. The molecule has 2 rings (SSSR count). The molecule has 1 saturated carbocycles. The summed E-state index contributed by atoms with van der Waals surface area (Å²) in [4.78, 5) is 0. The van der Waals surface area contributed by atoms with Crippen molar-refractivity contribution in [2.75, 3.05) is 6.54 Å². The van der Waals surface area contributed by atoms with Crippen LogP contribution in [0, 0.1) is 23.0 Å². The van der Waals surface area contributed by atoms with Gasteiger partial charge < -0.3 is 10.8 Å². The molecule has 0 aromatic heterocycles. The van der Waals surface area contributed by atoms with Gasteiger partial charge in [-0.15, -0.1) is 0 Å². The molecule has 3 atom stereocenters. The summed E-state index contributed by atoms with van der Waals surface area (Å²) in [6.45, 7) is 3.94. The van der Waals surface area contributed by atoms with E-state index in [9.17, 15) is 13.9 Å². The Morgan fingerprint density at radius 2 is 2.15 bits per heavy atom. The van der Waals surface area contributed by atoms with Gasteiger partial charge in [-0.25, -0.2) is 8.78 Å². The highest BCUT2D eigenvalue weighted by Crippen LogP contribution is 2.51. The Bertz CT molecular complexity index is 489. The number of halogens is 2. The highest BCUT2D eigenvalue weighted by molar-refractivity contribution is 5.28. The third-order valence-corrected chi connectivity index (χ3v) is 4.99. The van der Waals surface area contributed by atoms with Crippen molar-refractivity contribution in [2.24, 2.45) is 17.1 Å². The maximum atomic E-state index is 14.1. The van der Waals surface area contributed by atoms with Crippen molar-refractivity contribution in [3.8, 4) is 0 Å². The average molecular weight is 283 g/mol. The highest BCUT2D eigenvalue weighted by Gasteiger charge is 2.50. The lowest BCUT2D eigenvalue weighted by Crippen LogP contribution is -2.51. The molecule has 0 bridgehead atoms. The highest BCUT2D eigenvalue weighted by atomic mass is 19.2. The molecule has 1 aliphatic carbocycles. The van der Waals surface area contributed by atoms with Gasteiger partial charge in [0, 0.05) is 17.5 Å². The average Bonchev–Trinajstić information content (AvgIpc) is 2.41. The molecule has 1 aliphatic rings. The molecule has 0 aliphatic heterocycles. The van der Waals surface area contributed by atoms with E-state index < -0.39 is 22.7 Å². The lowest BCUT2D eigenvalue weighted by Gasteiger charge is -2.49. The van der Waals surface area contributed by atoms with E-state index in [1.54, 1.807) is 6.92 Å². The molecule has 20 heavy (non-hydrogen) atoms. The van der Waals surface area contributed by atoms with Gasteiger partial charge >= 0.3 is 0 Å². The number of hydrogen-bond acceptors (Lipinski definition) is 2. The van der Waals surface area contributed by atoms with E-state index in [1.807, 2.05) is 0 Å². The Kier molecular flexibility index (Phi) is 4.17. The van der Waals surface area contributed by atoms with Gasteiger partial charge in [0.2, 0.25) is 0 Å². The van der Waals surface area contributed by atoms with Crippen LogP contribution in [0.15, 0.2) is 18.2 Å². The molecule has 3 N–H and O–H groups in total. The molecular weight excluding hydrogens is 260 g/mol. The van der Waals surface area contributed by atoms with Crippen LogP contribution in [0.3, 0.4) is 0 Å². The minimum Gasteiger partial charge on any atom is -0.385 e. The summed E-state index contributed by atoms with van der Waals surface area (Å²) >= 11 is 0. The molecule has 0 spiro atoms. The van der Waals surface area contributed by atoms with Crippen LogP contribution in [-0.2, 0) is 5.60 Å². The third kappa shape index (κ3) is 2.35. The molecule has 0 saturated heterocycles. The molecule has 1 aromatic rings. The number of rotatable bonds is 3. The van der Waals surface area contributed by atoms with Gasteiger partial charge in [-0.05, 0) is 31.7 Å². The second kappa shape index (κ2) is 5.41. The molecule has 1 fully saturated rings. The van der Waals surface area contributed by atoms with Crippen LogP contribution in [0.2, 0.25) is 0 Å². The zero-order valence-electron chi connectivity index (χ0n) is 12.1. The number of nitrogens with two attached hydrogens (primary N) is 1. The minimum atomic E-state index is -1.47. The first-order chi connectivity index (χ1) is 9.34. The van der Waals surface area contributed by atoms with Crippen molar-refractivity contribution in [3.63, 3.8) is 0 Å². The molecule has 0 heterocycles. The fraction of sp³-hybridized carbons (Fsp3) is 0.625. The summed E-state index contributed by atoms with van der Waals surface area (Å²) in [6.07, 6.45) is 3.50. The van der Waals surface area contributed by atoms with Crippen LogP contribution in [0.5, 0.6) is 0 Å². The topological polar surface area (TPSA) is 46.2 Å². The molecule has 0 amide bonds. The SMILES string of the molecule is CC1CCCC(CN)(C(C)(O)c2cccc(F)c2F)C1. The fourth-order valence-corrected chi connectivity index (χ4v) is 3.65. The minimum absolute atomic E-state index is 0.0112. The Hall–Kier alpha value is -1.00. The monoisotopic (exact) mass is 283 g/mol. The van der Waals surface area contributed by atoms with Crippen LogP contribution in [0.1, 0.15) is 45.1 Å². The molecular formula is C16H23F2NO. The first kappa shape index (κ1) is 15.4. The summed E-state index contributed by atoms with van der Waals surface area (Å²) in [5.74, 6) is -1.47. The number of benzene rings is 1. The van der Waals surface area contributed by atoms with Crippen LogP contribution in [-0.4, -0.2) is 11.7 Å². The molecule has 112 valence electrons.